The summed E-state index contributed by atoms with van der Waals surface area (Å²) in [5, 5.41) is 36.7. The van der Waals surface area contributed by atoms with Crippen molar-refractivity contribution in [3.63, 3.8) is 0 Å². The number of aromatic nitrogens is 1. The van der Waals surface area contributed by atoms with E-state index in [2.05, 4.69) is 25.9 Å². The van der Waals surface area contributed by atoms with E-state index >= 15 is 0 Å². The number of carbonyl (C=O) groups is 5. The van der Waals surface area contributed by atoms with Crippen LogP contribution in [0.1, 0.15) is 30.4 Å². The normalized spacial score (nSPS) is 13.5. The van der Waals surface area contributed by atoms with E-state index in [1.807, 2.05) is 18.2 Å². The van der Waals surface area contributed by atoms with Crippen LogP contribution in [0.2, 0.25) is 0 Å². The van der Waals surface area contributed by atoms with Crippen molar-refractivity contribution in [1.82, 2.24) is 20.9 Å². The summed E-state index contributed by atoms with van der Waals surface area (Å²) in [4.78, 5) is 70.1. The quantitative estimate of drug-likeness (QED) is 0.0488. The van der Waals surface area contributed by atoms with Gasteiger partial charge in [0.25, 0.3) is 0 Å². The molecule has 3 rings (SSSR count). The molecule has 0 saturated carbocycles. The molecular weight excluding hydrogens is 600 g/mol. The van der Waals surface area contributed by atoms with Crippen LogP contribution in [0.3, 0.4) is 0 Å². The molecule has 3 aromatic rings. The minimum atomic E-state index is -1.45. The number of guanidine groups is 1. The number of phenols is 1. The molecule has 0 spiro atoms. The van der Waals surface area contributed by atoms with Gasteiger partial charge in [0.1, 0.15) is 23.9 Å². The number of aliphatic carboxylic acids is 2. The summed E-state index contributed by atoms with van der Waals surface area (Å²) < 4.78 is 0. The van der Waals surface area contributed by atoms with Crippen LogP contribution < -0.4 is 33.2 Å². The molecule has 0 aliphatic rings. The van der Waals surface area contributed by atoms with Crippen molar-refractivity contribution in [1.29, 1.82) is 0 Å². The minimum absolute atomic E-state index is 0.00776. The van der Waals surface area contributed by atoms with Gasteiger partial charge in [-0.25, -0.2) is 4.79 Å². The Morgan fingerprint density at radius 1 is 0.826 bits per heavy atom. The molecule has 13 N–H and O–H groups in total. The number of phenolic OH excluding ortho intramolecular Hbond substituents is 1. The van der Waals surface area contributed by atoms with Crippen LogP contribution in [-0.2, 0) is 36.8 Å². The lowest BCUT2D eigenvalue weighted by atomic mass is 10.0. The topological polar surface area (TPSA) is 288 Å². The molecule has 1 aromatic heterocycles. The molecule has 0 bridgehead atoms. The molecule has 16 heteroatoms. The molecule has 0 fully saturated rings. The number of nitrogens with zero attached hydrogens (tertiary/aromatic N) is 1. The molecule has 4 unspecified atom stereocenters. The molecule has 4 atom stereocenters. The standard InChI is InChI=1S/C30H38N8O8/c31-20(14-25(40)41)26(42)37-23(13-17-15-35-21-5-2-1-4-19(17)21)28(44)36-22(6-3-11-34-30(32)33)27(43)38-24(29(45)46)12-16-7-9-18(39)10-8-16/h1-2,4-5,7-10,15,20,22-24,35,39H,3,6,11-14,31H2,(H,36,44)(H,37,42)(H,38,43)(H,40,41)(H,45,46)(H4,32,33,34). The number of amides is 3. The summed E-state index contributed by atoms with van der Waals surface area (Å²) in [5.74, 6) is -5.33. The van der Waals surface area contributed by atoms with Crippen LogP contribution in [0.5, 0.6) is 5.75 Å². The number of aromatic hydroxyl groups is 1. The van der Waals surface area contributed by atoms with Crippen LogP contribution in [0.4, 0.5) is 0 Å². The van der Waals surface area contributed by atoms with Gasteiger partial charge in [-0.05, 0) is 42.2 Å². The van der Waals surface area contributed by atoms with E-state index in [9.17, 15) is 34.2 Å². The van der Waals surface area contributed by atoms with Crippen LogP contribution in [0, 0.1) is 0 Å². The highest BCUT2D eigenvalue weighted by Gasteiger charge is 2.31. The molecule has 0 radical (unpaired) electrons. The van der Waals surface area contributed by atoms with Gasteiger partial charge >= 0.3 is 11.9 Å². The Kier molecular flexibility index (Phi) is 12.5. The Balaban J connectivity index is 1.85. The molecule has 2 aromatic carbocycles. The predicted octanol–water partition coefficient (Wildman–Crippen LogP) is -0.947. The van der Waals surface area contributed by atoms with Gasteiger partial charge in [-0.15, -0.1) is 0 Å². The smallest absolute Gasteiger partial charge is 0.326 e. The third-order valence-corrected chi connectivity index (χ3v) is 7.03. The van der Waals surface area contributed by atoms with Gasteiger partial charge < -0.3 is 53.5 Å². The van der Waals surface area contributed by atoms with Crippen molar-refractivity contribution in [2.24, 2.45) is 22.2 Å². The fourth-order valence-electron chi connectivity index (χ4n) is 4.67. The summed E-state index contributed by atoms with van der Waals surface area (Å²) in [6, 6.07) is 7.62. The Morgan fingerprint density at radius 2 is 1.46 bits per heavy atom. The van der Waals surface area contributed by atoms with E-state index in [1.54, 1.807) is 12.3 Å². The summed E-state index contributed by atoms with van der Waals surface area (Å²) in [7, 11) is 0. The second-order valence-corrected chi connectivity index (χ2v) is 10.6. The zero-order valence-corrected chi connectivity index (χ0v) is 24.8. The van der Waals surface area contributed by atoms with Gasteiger partial charge in [0.05, 0.1) is 12.5 Å². The van der Waals surface area contributed by atoms with Gasteiger partial charge in [-0.3, -0.25) is 24.2 Å². The number of hydrogen-bond donors (Lipinski definition) is 10. The zero-order chi connectivity index (χ0) is 33.8. The Hall–Kier alpha value is -5.64. The van der Waals surface area contributed by atoms with Crippen molar-refractivity contribution in [2.45, 2.75) is 56.3 Å². The summed E-state index contributed by atoms with van der Waals surface area (Å²) >= 11 is 0. The first kappa shape index (κ1) is 34.8. The maximum Gasteiger partial charge on any atom is 0.326 e. The highest BCUT2D eigenvalue weighted by atomic mass is 16.4. The van der Waals surface area contributed by atoms with E-state index in [1.165, 1.54) is 24.3 Å². The van der Waals surface area contributed by atoms with E-state index in [4.69, 9.17) is 22.3 Å². The largest absolute Gasteiger partial charge is 0.508 e. The first-order valence-corrected chi connectivity index (χ1v) is 14.3. The maximum absolute atomic E-state index is 13.7. The summed E-state index contributed by atoms with van der Waals surface area (Å²) in [6.07, 6.45) is 1.02. The first-order chi connectivity index (χ1) is 21.8. The number of carboxylic acid groups (broad SMARTS) is 2. The fourth-order valence-corrected chi connectivity index (χ4v) is 4.67. The summed E-state index contributed by atoms with van der Waals surface area (Å²) in [6.45, 7) is 0.109. The average Bonchev–Trinajstić information content (AvgIpc) is 3.41. The third kappa shape index (κ3) is 10.5. The monoisotopic (exact) mass is 638 g/mol. The van der Waals surface area contributed by atoms with Gasteiger partial charge in [0.15, 0.2) is 5.96 Å². The van der Waals surface area contributed by atoms with Gasteiger partial charge in [-0.2, -0.15) is 0 Å². The molecule has 1 heterocycles. The molecule has 16 nitrogen and oxygen atoms in total. The molecule has 0 saturated heterocycles. The fraction of sp³-hybridized carbons (Fsp3) is 0.333. The number of rotatable bonds is 17. The first-order valence-electron chi connectivity index (χ1n) is 14.3. The number of aliphatic imine (C=N–C) groups is 1. The van der Waals surface area contributed by atoms with Crippen LogP contribution >= 0.6 is 0 Å². The van der Waals surface area contributed by atoms with Crippen molar-refractivity contribution in [3.8, 4) is 5.75 Å². The predicted molar refractivity (Wildman–Crippen MR) is 167 cm³/mol. The lowest BCUT2D eigenvalue weighted by molar-refractivity contribution is -0.142. The average molecular weight is 639 g/mol. The molecule has 46 heavy (non-hydrogen) atoms. The van der Waals surface area contributed by atoms with Crippen molar-refractivity contribution in [2.75, 3.05) is 6.54 Å². The number of benzene rings is 2. The maximum atomic E-state index is 13.7. The van der Waals surface area contributed by atoms with E-state index in [0.29, 0.717) is 11.1 Å². The highest BCUT2D eigenvalue weighted by Crippen LogP contribution is 2.19. The number of carbonyl (C=O) groups excluding carboxylic acids is 3. The second kappa shape index (κ2) is 16.4. The number of nitrogens with one attached hydrogen (secondary N) is 4. The number of aromatic amines is 1. The van der Waals surface area contributed by atoms with E-state index in [0.717, 1.165) is 10.9 Å². The Morgan fingerprint density at radius 3 is 2.11 bits per heavy atom. The van der Waals surface area contributed by atoms with Crippen molar-refractivity contribution < 1.29 is 39.3 Å². The van der Waals surface area contributed by atoms with E-state index in [-0.39, 0.29) is 43.9 Å². The highest BCUT2D eigenvalue weighted by molar-refractivity contribution is 5.95. The number of nitrogens with two attached hydrogens (primary N) is 3. The SMILES string of the molecule is NC(N)=NCCCC(NC(=O)C(Cc1c[nH]c2ccccc12)NC(=O)C(N)CC(=O)O)C(=O)NC(Cc1ccc(O)cc1)C(=O)O. The lowest BCUT2D eigenvalue weighted by Gasteiger charge is -2.25. The van der Waals surface area contributed by atoms with Gasteiger partial charge in [-0.1, -0.05) is 30.3 Å². The minimum Gasteiger partial charge on any atom is -0.508 e. The molecule has 3 amide bonds. The van der Waals surface area contributed by atoms with Crippen molar-refractivity contribution in [3.05, 3.63) is 65.9 Å². The third-order valence-electron chi connectivity index (χ3n) is 7.03. The molecule has 0 aliphatic carbocycles. The second-order valence-electron chi connectivity index (χ2n) is 10.6. The number of fused-ring (bicyclic) bond motifs is 1. The van der Waals surface area contributed by atoms with Crippen LogP contribution in [0.25, 0.3) is 10.9 Å². The molecule has 246 valence electrons. The molecular formula is C30H38N8O8. The summed E-state index contributed by atoms with van der Waals surface area (Å²) in [5.41, 5.74) is 18.5. The van der Waals surface area contributed by atoms with Crippen LogP contribution in [0.15, 0.2) is 59.7 Å². The number of carboxylic acids is 2. The lowest BCUT2D eigenvalue weighted by Crippen LogP contribution is -2.58. The number of H-pyrrole nitrogens is 1. The van der Waals surface area contributed by atoms with E-state index < -0.39 is 60.2 Å². The molecule has 0 aliphatic heterocycles. The van der Waals surface area contributed by atoms with Gasteiger partial charge in [0.2, 0.25) is 17.7 Å². The van der Waals surface area contributed by atoms with Crippen LogP contribution in [-0.4, -0.2) is 86.6 Å². The zero-order valence-electron chi connectivity index (χ0n) is 24.8. The van der Waals surface area contributed by atoms with Crippen molar-refractivity contribution >= 4 is 46.5 Å². The number of para-hydroxylation sites is 1. The Bertz CT molecular complexity index is 1570. The Labute approximate surface area is 263 Å². The van der Waals surface area contributed by atoms with Gasteiger partial charge in [0, 0.05) is 36.5 Å². The number of hydrogen-bond acceptors (Lipinski definition) is 8.